The van der Waals surface area contributed by atoms with Gasteiger partial charge in [0.05, 0.1) is 0 Å². The molecule has 14 heavy (non-hydrogen) atoms. The van der Waals surface area contributed by atoms with E-state index in [0.29, 0.717) is 5.56 Å². The van der Waals surface area contributed by atoms with Gasteiger partial charge in [0, 0.05) is 11.1 Å². The summed E-state index contributed by atoms with van der Waals surface area (Å²) in [5, 5.41) is 0. The second kappa shape index (κ2) is 3.29. The van der Waals surface area contributed by atoms with Crippen molar-refractivity contribution in [1.29, 1.82) is 0 Å². The van der Waals surface area contributed by atoms with E-state index >= 15 is 0 Å². The molecule has 2 rings (SSSR count). The maximum absolute atomic E-state index is 13.4. The second-order valence-electron chi connectivity index (χ2n) is 3.31. The highest BCUT2D eigenvalue weighted by Gasteiger charge is 2.10. The molecule has 0 bridgehead atoms. The molecule has 0 unspecified atom stereocenters. The van der Waals surface area contributed by atoms with E-state index in [2.05, 4.69) is 0 Å². The highest BCUT2D eigenvalue weighted by molar-refractivity contribution is 5.66. The van der Waals surface area contributed by atoms with Crippen LogP contribution in [0.4, 0.5) is 4.39 Å². The van der Waals surface area contributed by atoms with Crippen molar-refractivity contribution in [3.8, 4) is 11.1 Å². The molecule has 0 aliphatic rings. The number of hydrogen-bond donors (Lipinski definition) is 0. The van der Waals surface area contributed by atoms with E-state index in [4.69, 9.17) is 4.42 Å². The number of hydrogen-bond acceptors (Lipinski definition) is 1. The summed E-state index contributed by atoms with van der Waals surface area (Å²) in [4.78, 5) is 0. The summed E-state index contributed by atoms with van der Waals surface area (Å²) in [5.41, 5.74) is 1.43. The average Bonchev–Trinajstić information content (AvgIpc) is 2.46. The minimum atomic E-state index is -0.212. The summed E-state index contributed by atoms with van der Waals surface area (Å²) in [6.45, 7) is 3.70. The molecule has 2 heteroatoms. The minimum absolute atomic E-state index is 0.212. The Labute approximate surface area is 82.2 Å². The van der Waals surface area contributed by atoms with Gasteiger partial charge in [0.1, 0.15) is 17.3 Å². The molecular formula is C12H11FO. The summed E-state index contributed by atoms with van der Waals surface area (Å²) < 4.78 is 18.8. The predicted molar refractivity (Wildman–Crippen MR) is 53.6 cm³/mol. The van der Waals surface area contributed by atoms with E-state index in [0.717, 1.165) is 17.1 Å². The van der Waals surface area contributed by atoms with E-state index in [1.165, 1.54) is 6.07 Å². The fourth-order valence-corrected chi connectivity index (χ4v) is 1.58. The summed E-state index contributed by atoms with van der Waals surface area (Å²) in [6.07, 6.45) is 0. The van der Waals surface area contributed by atoms with Crippen molar-refractivity contribution in [2.45, 2.75) is 13.8 Å². The zero-order valence-electron chi connectivity index (χ0n) is 8.17. The molecule has 0 fully saturated rings. The first-order chi connectivity index (χ1) is 6.68. The fraction of sp³-hybridized carbons (Fsp3) is 0.167. The molecular weight excluding hydrogens is 179 g/mol. The van der Waals surface area contributed by atoms with Gasteiger partial charge in [-0.2, -0.15) is 0 Å². The number of aryl methyl sites for hydroxylation is 2. The van der Waals surface area contributed by atoms with Crippen LogP contribution in [-0.4, -0.2) is 0 Å². The van der Waals surface area contributed by atoms with Crippen molar-refractivity contribution < 1.29 is 8.81 Å². The van der Waals surface area contributed by atoms with Gasteiger partial charge in [-0.25, -0.2) is 4.39 Å². The Morgan fingerprint density at radius 3 is 2.36 bits per heavy atom. The highest BCUT2D eigenvalue weighted by Crippen LogP contribution is 2.28. The van der Waals surface area contributed by atoms with Gasteiger partial charge >= 0.3 is 0 Å². The second-order valence-corrected chi connectivity index (χ2v) is 3.31. The zero-order chi connectivity index (χ0) is 10.1. The molecule has 0 atom stereocenters. The molecule has 0 saturated heterocycles. The van der Waals surface area contributed by atoms with Crippen molar-refractivity contribution in [2.24, 2.45) is 0 Å². The zero-order valence-corrected chi connectivity index (χ0v) is 8.17. The first-order valence-electron chi connectivity index (χ1n) is 4.50. The molecule has 1 nitrogen and oxygen atoms in total. The normalized spacial score (nSPS) is 10.5. The molecule has 1 heterocycles. The lowest BCUT2D eigenvalue weighted by molar-refractivity contribution is 0.505. The first kappa shape index (κ1) is 9.00. The van der Waals surface area contributed by atoms with E-state index in [9.17, 15) is 4.39 Å². The van der Waals surface area contributed by atoms with Crippen molar-refractivity contribution in [1.82, 2.24) is 0 Å². The molecule has 0 aliphatic heterocycles. The molecule has 1 aromatic heterocycles. The molecule has 0 N–H and O–H groups in total. The van der Waals surface area contributed by atoms with Crippen LogP contribution in [0.15, 0.2) is 34.7 Å². The number of halogens is 1. The molecule has 2 aromatic rings. The Bertz CT molecular complexity index is 457. The number of furan rings is 1. The van der Waals surface area contributed by atoms with Crippen molar-refractivity contribution in [3.05, 3.63) is 47.7 Å². The van der Waals surface area contributed by atoms with Crippen molar-refractivity contribution in [3.63, 3.8) is 0 Å². The van der Waals surface area contributed by atoms with E-state index < -0.39 is 0 Å². The topological polar surface area (TPSA) is 13.1 Å². The van der Waals surface area contributed by atoms with Gasteiger partial charge in [0.15, 0.2) is 0 Å². The van der Waals surface area contributed by atoms with Gasteiger partial charge in [-0.1, -0.05) is 18.2 Å². The van der Waals surface area contributed by atoms with E-state index in [-0.39, 0.29) is 5.82 Å². The molecule has 0 spiro atoms. The van der Waals surface area contributed by atoms with Crippen LogP contribution in [0.3, 0.4) is 0 Å². The summed E-state index contributed by atoms with van der Waals surface area (Å²) in [5.74, 6) is 1.35. The third-order valence-corrected chi connectivity index (χ3v) is 2.21. The van der Waals surface area contributed by atoms with Gasteiger partial charge < -0.3 is 4.42 Å². The highest BCUT2D eigenvalue weighted by atomic mass is 19.1. The predicted octanol–water partition coefficient (Wildman–Crippen LogP) is 3.70. The largest absolute Gasteiger partial charge is 0.466 e. The van der Waals surface area contributed by atoms with Crippen LogP contribution in [0.25, 0.3) is 11.1 Å². The lowest BCUT2D eigenvalue weighted by atomic mass is 10.1. The van der Waals surface area contributed by atoms with Crippen LogP contribution in [0, 0.1) is 19.7 Å². The minimum Gasteiger partial charge on any atom is -0.466 e. The Hall–Kier alpha value is -1.57. The molecule has 0 amide bonds. The Balaban J connectivity index is 2.60. The van der Waals surface area contributed by atoms with Gasteiger partial charge in [-0.3, -0.25) is 0 Å². The molecule has 0 radical (unpaired) electrons. The van der Waals surface area contributed by atoms with Crippen LogP contribution in [0.2, 0.25) is 0 Å². The van der Waals surface area contributed by atoms with Gasteiger partial charge in [-0.05, 0) is 26.0 Å². The summed E-state index contributed by atoms with van der Waals surface area (Å²) in [6, 6.07) is 8.57. The first-order valence-corrected chi connectivity index (χ1v) is 4.50. The molecule has 0 aliphatic carbocycles. The Morgan fingerprint density at radius 2 is 1.79 bits per heavy atom. The fourth-order valence-electron chi connectivity index (χ4n) is 1.58. The Morgan fingerprint density at radius 1 is 1.07 bits per heavy atom. The van der Waals surface area contributed by atoms with Crippen molar-refractivity contribution in [2.75, 3.05) is 0 Å². The van der Waals surface area contributed by atoms with Crippen LogP contribution in [-0.2, 0) is 0 Å². The summed E-state index contributed by atoms with van der Waals surface area (Å²) >= 11 is 0. The van der Waals surface area contributed by atoms with Crippen molar-refractivity contribution >= 4 is 0 Å². The quantitative estimate of drug-likeness (QED) is 0.668. The standard InChI is InChI=1S/C12H11FO/c1-8-7-11(9(2)14-8)10-5-3-4-6-12(10)13/h3-7H,1-2H3. The third kappa shape index (κ3) is 1.43. The number of benzene rings is 1. The lowest BCUT2D eigenvalue weighted by Gasteiger charge is -1.99. The van der Waals surface area contributed by atoms with E-state index in [1.54, 1.807) is 12.1 Å². The lowest BCUT2D eigenvalue weighted by Crippen LogP contribution is -1.82. The molecule has 1 aromatic carbocycles. The maximum Gasteiger partial charge on any atom is 0.131 e. The summed E-state index contributed by atoms with van der Waals surface area (Å²) in [7, 11) is 0. The molecule has 72 valence electrons. The average molecular weight is 190 g/mol. The van der Waals surface area contributed by atoms with Crippen LogP contribution in [0.1, 0.15) is 11.5 Å². The SMILES string of the molecule is Cc1cc(-c2ccccc2F)c(C)o1. The maximum atomic E-state index is 13.4. The van der Waals surface area contributed by atoms with Crippen LogP contribution >= 0.6 is 0 Å². The van der Waals surface area contributed by atoms with Crippen LogP contribution < -0.4 is 0 Å². The Kier molecular flexibility index (Phi) is 2.12. The van der Waals surface area contributed by atoms with Crippen LogP contribution in [0.5, 0.6) is 0 Å². The molecule has 0 saturated carbocycles. The monoisotopic (exact) mass is 190 g/mol. The number of rotatable bonds is 1. The smallest absolute Gasteiger partial charge is 0.131 e. The van der Waals surface area contributed by atoms with Gasteiger partial charge in [0.2, 0.25) is 0 Å². The third-order valence-electron chi connectivity index (χ3n) is 2.21. The van der Waals surface area contributed by atoms with Gasteiger partial charge in [-0.15, -0.1) is 0 Å². The van der Waals surface area contributed by atoms with Gasteiger partial charge in [0.25, 0.3) is 0 Å². The van der Waals surface area contributed by atoms with E-state index in [1.807, 2.05) is 26.0 Å².